The summed E-state index contributed by atoms with van der Waals surface area (Å²) in [5, 5.41) is 1.63. The summed E-state index contributed by atoms with van der Waals surface area (Å²) < 4.78 is 0. The van der Waals surface area contributed by atoms with Gasteiger partial charge in [0.1, 0.15) is 10.6 Å². The first-order valence-electron chi connectivity index (χ1n) is 9.68. The molecule has 146 valence electrons. The number of hydrogen-bond acceptors (Lipinski definition) is 6. The highest BCUT2D eigenvalue weighted by Crippen LogP contribution is 2.38. The molecule has 0 fully saturated rings. The van der Waals surface area contributed by atoms with Crippen LogP contribution in [-0.4, -0.2) is 33.1 Å². The molecule has 2 heterocycles. The molecular weight excluding hydrogens is 388 g/mol. The first kappa shape index (κ1) is 19.2. The molecule has 2 aromatic heterocycles. The fourth-order valence-electron chi connectivity index (χ4n) is 3.63. The van der Waals surface area contributed by atoms with Gasteiger partial charge in [-0.25, -0.2) is 9.97 Å². The molecule has 1 aromatic carbocycles. The van der Waals surface area contributed by atoms with Crippen molar-refractivity contribution in [3.05, 3.63) is 46.3 Å². The highest BCUT2D eigenvalue weighted by molar-refractivity contribution is 7.99. The minimum atomic E-state index is 0.0871. The topological polar surface area (TPSA) is 72.1 Å². The van der Waals surface area contributed by atoms with Gasteiger partial charge < -0.3 is 10.6 Å². The molecule has 0 aliphatic heterocycles. The summed E-state index contributed by atoms with van der Waals surface area (Å²) in [4.78, 5) is 26.1. The molecule has 1 aliphatic rings. The summed E-state index contributed by atoms with van der Waals surface area (Å²) in [6.07, 6.45) is 4.62. The Kier molecular flexibility index (Phi) is 5.82. The van der Waals surface area contributed by atoms with Crippen LogP contribution in [-0.2, 0) is 24.2 Å². The highest BCUT2D eigenvalue weighted by atomic mass is 32.2. The molecule has 0 saturated carbocycles. The zero-order valence-electron chi connectivity index (χ0n) is 16.0. The van der Waals surface area contributed by atoms with E-state index >= 15 is 0 Å². The molecular formula is C21H24N4OS2. The Labute approximate surface area is 173 Å². The van der Waals surface area contributed by atoms with Gasteiger partial charge in [0.15, 0.2) is 5.16 Å². The molecule has 1 aliphatic carbocycles. The van der Waals surface area contributed by atoms with Crippen molar-refractivity contribution in [1.82, 2.24) is 14.9 Å². The van der Waals surface area contributed by atoms with Crippen molar-refractivity contribution in [2.45, 2.75) is 44.3 Å². The highest BCUT2D eigenvalue weighted by Gasteiger charge is 2.21. The zero-order valence-corrected chi connectivity index (χ0v) is 17.6. The number of amides is 1. The van der Waals surface area contributed by atoms with Crippen LogP contribution in [0, 0.1) is 0 Å². The first-order chi connectivity index (χ1) is 13.7. The second-order valence-electron chi connectivity index (χ2n) is 6.96. The van der Waals surface area contributed by atoms with E-state index in [4.69, 9.17) is 10.7 Å². The standard InChI is InChI=1S/C21H24N4OS2/c1-2-25(12-14-8-4-3-5-9-14)17(26)13-27-21-23-19(22)18-15-10-6-7-11-16(15)28-20(18)24-21/h3-5,8-9H,2,6-7,10-13H2,1H3,(H2,22,23,24). The molecule has 28 heavy (non-hydrogen) atoms. The molecule has 0 radical (unpaired) electrons. The summed E-state index contributed by atoms with van der Waals surface area (Å²) in [7, 11) is 0. The minimum Gasteiger partial charge on any atom is -0.383 e. The van der Waals surface area contributed by atoms with Crippen LogP contribution >= 0.6 is 23.1 Å². The molecule has 1 amide bonds. The van der Waals surface area contributed by atoms with Crippen LogP contribution in [0.15, 0.2) is 35.5 Å². The average molecular weight is 413 g/mol. The van der Waals surface area contributed by atoms with E-state index in [1.807, 2.05) is 42.2 Å². The third-order valence-corrected chi connectivity index (χ3v) is 7.12. The fourth-order valence-corrected chi connectivity index (χ4v) is 5.71. The summed E-state index contributed by atoms with van der Waals surface area (Å²) in [6, 6.07) is 10.1. The second-order valence-corrected chi connectivity index (χ2v) is 8.99. The molecule has 3 aromatic rings. The smallest absolute Gasteiger partial charge is 0.233 e. The van der Waals surface area contributed by atoms with E-state index in [0.29, 0.717) is 29.8 Å². The lowest BCUT2D eigenvalue weighted by atomic mass is 9.97. The molecule has 7 heteroatoms. The Bertz CT molecular complexity index is 987. The molecule has 2 N–H and O–H groups in total. The quantitative estimate of drug-likeness (QED) is 0.483. The Morgan fingerprint density at radius 3 is 2.79 bits per heavy atom. The van der Waals surface area contributed by atoms with Crippen LogP contribution in [0.1, 0.15) is 35.8 Å². The predicted octanol–water partition coefficient (Wildman–Crippen LogP) is 4.29. The Morgan fingerprint density at radius 1 is 1.21 bits per heavy atom. The van der Waals surface area contributed by atoms with Gasteiger partial charge in [0.25, 0.3) is 0 Å². The van der Waals surface area contributed by atoms with Crippen LogP contribution < -0.4 is 5.73 Å². The number of carbonyl (C=O) groups excluding carboxylic acids is 1. The van der Waals surface area contributed by atoms with Crippen LogP contribution in [0.5, 0.6) is 0 Å². The summed E-state index contributed by atoms with van der Waals surface area (Å²) in [6.45, 7) is 3.30. The number of aryl methyl sites for hydroxylation is 2. The van der Waals surface area contributed by atoms with Crippen LogP contribution in [0.2, 0.25) is 0 Å². The van der Waals surface area contributed by atoms with Gasteiger partial charge >= 0.3 is 0 Å². The largest absolute Gasteiger partial charge is 0.383 e. The fraction of sp³-hybridized carbons (Fsp3) is 0.381. The van der Waals surface area contributed by atoms with E-state index in [2.05, 4.69) is 4.98 Å². The van der Waals surface area contributed by atoms with Crippen molar-refractivity contribution in [3.63, 3.8) is 0 Å². The Balaban J connectivity index is 1.46. The van der Waals surface area contributed by atoms with Crippen molar-refractivity contribution in [2.75, 3.05) is 18.0 Å². The van der Waals surface area contributed by atoms with E-state index in [0.717, 1.165) is 28.6 Å². The third-order valence-electron chi connectivity index (χ3n) is 5.10. The maximum atomic E-state index is 12.7. The number of thioether (sulfide) groups is 1. The minimum absolute atomic E-state index is 0.0871. The summed E-state index contributed by atoms with van der Waals surface area (Å²) in [5.74, 6) is 0.955. The normalized spacial score (nSPS) is 13.5. The van der Waals surface area contributed by atoms with Crippen molar-refractivity contribution in [2.24, 2.45) is 0 Å². The van der Waals surface area contributed by atoms with Gasteiger partial charge in [-0.3, -0.25) is 4.79 Å². The van der Waals surface area contributed by atoms with Crippen LogP contribution in [0.4, 0.5) is 5.82 Å². The zero-order chi connectivity index (χ0) is 19.5. The molecule has 0 unspecified atom stereocenters. The molecule has 0 saturated heterocycles. The molecule has 0 bridgehead atoms. The number of nitrogens with zero attached hydrogens (tertiary/aromatic N) is 3. The lowest BCUT2D eigenvalue weighted by Gasteiger charge is -2.20. The predicted molar refractivity (Wildman–Crippen MR) is 117 cm³/mol. The Hall–Kier alpha value is -2.12. The van der Waals surface area contributed by atoms with Gasteiger partial charge in [0.05, 0.1) is 11.1 Å². The number of rotatable bonds is 6. The van der Waals surface area contributed by atoms with E-state index in [1.165, 1.54) is 35.0 Å². The number of nitrogens with two attached hydrogens (primary N) is 1. The molecule has 0 atom stereocenters. The third kappa shape index (κ3) is 4.00. The van der Waals surface area contributed by atoms with Crippen molar-refractivity contribution < 1.29 is 4.79 Å². The van der Waals surface area contributed by atoms with Crippen LogP contribution in [0.25, 0.3) is 10.2 Å². The van der Waals surface area contributed by atoms with E-state index in [9.17, 15) is 4.79 Å². The number of benzene rings is 1. The second kappa shape index (κ2) is 8.49. The van der Waals surface area contributed by atoms with Crippen molar-refractivity contribution in [1.29, 1.82) is 0 Å². The van der Waals surface area contributed by atoms with Crippen molar-refractivity contribution in [3.8, 4) is 0 Å². The number of hydrogen-bond donors (Lipinski definition) is 1. The lowest BCUT2D eigenvalue weighted by Crippen LogP contribution is -2.31. The van der Waals surface area contributed by atoms with E-state index in [-0.39, 0.29) is 5.91 Å². The average Bonchev–Trinajstić information content (AvgIpc) is 3.10. The molecule has 4 rings (SSSR count). The van der Waals surface area contributed by atoms with Gasteiger partial charge in [-0.15, -0.1) is 11.3 Å². The number of nitrogen functional groups attached to an aromatic ring is 1. The first-order valence-corrected chi connectivity index (χ1v) is 11.5. The SMILES string of the molecule is CCN(Cc1ccccc1)C(=O)CSc1nc(N)c2c3c(sc2n1)CCCC3. The van der Waals surface area contributed by atoms with Gasteiger partial charge in [-0.1, -0.05) is 42.1 Å². The number of aromatic nitrogens is 2. The van der Waals surface area contributed by atoms with Gasteiger partial charge in [0.2, 0.25) is 5.91 Å². The Morgan fingerprint density at radius 2 is 2.00 bits per heavy atom. The summed E-state index contributed by atoms with van der Waals surface area (Å²) in [5.41, 5.74) is 8.74. The number of fused-ring (bicyclic) bond motifs is 3. The molecule has 0 spiro atoms. The lowest BCUT2D eigenvalue weighted by molar-refractivity contribution is -0.128. The van der Waals surface area contributed by atoms with Gasteiger partial charge in [-0.05, 0) is 43.7 Å². The molecule has 5 nitrogen and oxygen atoms in total. The number of thiophene rings is 1. The summed E-state index contributed by atoms with van der Waals surface area (Å²) >= 11 is 3.11. The maximum Gasteiger partial charge on any atom is 0.233 e. The van der Waals surface area contributed by atoms with Gasteiger partial charge in [0, 0.05) is 18.0 Å². The van der Waals surface area contributed by atoms with E-state index < -0.39 is 0 Å². The van der Waals surface area contributed by atoms with Gasteiger partial charge in [-0.2, -0.15) is 0 Å². The number of carbonyl (C=O) groups is 1. The number of anilines is 1. The van der Waals surface area contributed by atoms with E-state index in [1.54, 1.807) is 11.3 Å². The van der Waals surface area contributed by atoms with Crippen molar-refractivity contribution >= 4 is 45.0 Å². The van der Waals surface area contributed by atoms with Crippen LogP contribution in [0.3, 0.4) is 0 Å². The monoisotopic (exact) mass is 412 g/mol. The maximum absolute atomic E-state index is 12.7.